The summed E-state index contributed by atoms with van der Waals surface area (Å²) in [7, 11) is 0. The minimum Gasteiger partial charge on any atom is -0.379 e. The largest absolute Gasteiger partial charge is 0.379 e. The summed E-state index contributed by atoms with van der Waals surface area (Å²) in [5.74, 6) is 0. The normalized spacial score (nSPS) is 19.9. The Kier molecular flexibility index (Phi) is 2.89. The molecule has 1 saturated heterocycles. The third-order valence-electron chi connectivity index (χ3n) is 2.58. The van der Waals surface area contributed by atoms with E-state index in [9.17, 15) is 0 Å². The van der Waals surface area contributed by atoms with Gasteiger partial charge in [-0.25, -0.2) is 0 Å². The number of nitriles is 1. The molecule has 0 amide bonds. The molecule has 3 nitrogen and oxygen atoms in total. The highest BCUT2D eigenvalue weighted by Crippen LogP contribution is 2.19. The van der Waals surface area contributed by atoms with Gasteiger partial charge in [-0.3, -0.25) is 0 Å². The Bertz CT molecular complexity index is 389. The van der Waals surface area contributed by atoms with Crippen molar-refractivity contribution >= 4 is 5.69 Å². The zero-order valence-electron chi connectivity index (χ0n) is 8.79. The summed E-state index contributed by atoms with van der Waals surface area (Å²) in [5.41, 5.74) is 2.79. The molecule has 0 saturated carbocycles. The van der Waals surface area contributed by atoms with Gasteiger partial charge in [0.2, 0.25) is 0 Å². The molecule has 0 spiro atoms. The van der Waals surface area contributed by atoms with Crippen molar-refractivity contribution in [2.24, 2.45) is 0 Å². The van der Waals surface area contributed by atoms with Gasteiger partial charge in [0, 0.05) is 6.61 Å². The van der Waals surface area contributed by atoms with Crippen LogP contribution in [0, 0.1) is 18.3 Å². The number of nitrogens with one attached hydrogen (secondary N) is 1. The van der Waals surface area contributed by atoms with Crippen LogP contribution in [0.4, 0.5) is 5.69 Å². The second kappa shape index (κ2) is 4.33. The summed E-state index contributed by atoms with van der Waals surface area (Å²) in [6.45, 7) is 3.57. The van der Waals surface area contributed by atoms with Gasteiger partial charge in [0.25, 0.3) is 0 Å². The molecule has 0 aliphatic carbocycles. The van der Waals surface area contributed by atoms with Crippen LogP contribution in [0.1, 0.15) is 17.5 Å². The number of nitrogens with zero attached hydrogens (tertiary/aromatic N) is 1. The number of anilines is 1. The van der Waals surface area contributed by atoms with E-state index < -0.39 is 0 Å². The maximum Gasteiger partial charge on any atom is 0.101 e. The van der Waals surface area contributed by atoms with Crippen LogP contribution < -0.4 is 5.32 Å². The van der Waals surface area contributed by atoms with Crippen molar-refractivity contribution in [1.29, 1.82) is 5.26 Å². The molecular formula is C12H14N2O. The summed E-state index contributed by atoms with van der Waals surface area (Å²) in [6.07, 6.45) is 1.01. The molecule has 1 unspecified atom stereocenters. The lowest BCUT2D eigenvalue weighted by Crippen LogP contribution is -2.19. The van der Waals surface area contributed by atoms with Gasteiger partial charge in [-0.15, -0.1) is 0 Å². The molecule has 0 bridgehead atoms. The van der Waals surface area contributed by atoms with Crippen molar-refractivity contribution < 1.29 is 4.74 Å². The summed E-state index contributed by atoms with van der Waals surface area (Å²) >= 11 is 0. The van der Waals surface area contributed by atoms with Crippen LogP contribution in [0.2, 0.25) is 0 Å². The molecule has 0 radical (unpaired) electrons. The van der Waals surface area contributed by atoms with Crippen molar-refractivity contribution in [2.45, 2.75) is 19.4 Å². The molecule has 1 N–H and O–H groups in total. The van der Waals surface area contributed by atoms with Crippen molar-refractivity contribution in [1.82, 2.24) is 0 Å². The van der Waals surface area contributed by atoms with Crippen LogP contribution in [-0.2, 0) is 4.74 Å². The number of hydrogen-bond donors (Lipinski definition) is 1. The average Bonchev–Trinajstić information content (AvgIpc) is 2.71. The van der Waals surface area contributed by atoms with E-state index in [2.05, 4.69) is 11.4 Å². The fourth-order valence-electron chi connectivity index (χ4n) is 1.74. The fraction of sp³-hybridized carbons (Fsp3) is 0.417. The number of rotatable bonds is 2. The highest BCUT2D eigenvalue weighted by Gasteiger charge is 2.16. The van der Waals surface area contributed by atoms with Crippen LogP contribution in [0.25, 0.3) is 0 Å². The van der Waals surface area contributed by atoms with Crippen molar-refractivity contribution in [3.63, 3.8) is 0 Å². The molecule has 2 rings (SSSR count). The van der Waals surface area contributed by atoms with E-state index in [-0.39, 0.29) is 0 Å². The third kappa shape index (κ3) is 2.28. The minimum atomic E-state index is 0.346. The van der Waals surface area contributed by atoms with Gasteiger partial charge in [-0.05, 0) is 31.0 Å². The zero-order chi connectivity index (χ0) is 10.7. The van der Waals surface area contributed by atoms with Crippen molar-refractivity contribution in [3.8, 4) is 6.07 Å². The lowest BCUT2D eigenvalue weighted by atomic mass is 10.1. The fourth-order valence-corrected chi connectivity index (χ4v) is 1.74. The summed E-state index contributed by atoms with van der Waals surface area (Å²) < 4.78 is 5.29. The number of hydrogen-bond acceptors (Lipinski definition) is 3. The van der Waals surface area contributed by atoms with E-state index in [1.54, 1.807) is 0 Å². The predicted molar refractivity (Wildman–Crippen MR) is 58.7 cm³/mol. The molecule has 3 heteroatoms. The monoisotopic (exact) mass is 202 g/mol. The Morgan fingerprint density at radius 3 is 3.07 bits per heavy atom. The lowest BCUT2D eigenvalue weighted by molar-refractivity contribution is 0.195. The molecule has 1 aromatic rings. The molecule has 1 atom stereocenters. The molecule has 15 heavy (non-hydrogen) atoms. The van der Waals surface area contributed by atoms with E-state index >= 15 is 0 Å². The second-order valence-electron chi connectivity index (χ2n) is 3.87. The van der Waals surface area contributed by atoms with Crippen LogP contribution in [0.15, 0.2) is 18.2 Å². The lowest BCUT2D eigenvalue weighted by Gasteiger charge is -2.13. The standard InChI is InChI=1S/C12H14N2O/c1-9-2-3-10(7-13)12(6-9)14-11-4-5-15-8-11/h2-3,6,11,14H,4-5,8H2,1H3. The first-order valence-electron chi connectivity index (χ1n) is 5.14. The van der Waals surface area contributed by atoms with Gasteiger partial charge in [0.15, 0.2) is 0 Å². The van der Waals surface area contributed by atoms with Gasteiger partial charge in [0.1, 0.15) is 6.07 Å². The maximum absolute atomic E-state index is 8.96. The summed E-state index contributed by atoms with van der Waals surface area (Å²) in [6, 6.07) is 8.36. The first-order chi connectivity index (χ1) is 7.29. The molecule has 1 fully saturated rings. The van der Waals surface area contributed by atoms with E-state index in [4.69, 9.17) is 10.00 Å². The minimum absolute atomic E-state index is 0.346. The van der Waals surface area contributed by atoms with Gasteiger partial charge in [-0.2, -0.15) is 5.26 Å². The smallest absolute Gasteiger partial charge is 0.101 e. The Labute approximate surface area is 89.7 Å². The molecule has 1 aliphatic heterocycles. The van der Waals surface area contributed by atoms with E-state index in [0.29, 0.717) is 11.6 Å². The Hall–Kier alpha value is -1.53. The van der Waals surface area contributed by atoms with Gasteiger partial charge >= 0.3 is 0 Å². The number of benzene rings is 1. The van der Waals surface area contributed by atoms with Crippen molar-refractivity contribution in [3.05, 3.63) is 29.3 Å². The van der Waals surface area contributed by atoms with E-state index in [0.717, 1.165) is 30.9 Å². The second-order valence-corrected chi connectivity index (χ2v) is 3.87. The topological polar surface area (TPSA) is 45.0 Å². The molecule has 1 aromatic carbocycles. The molecule has 78 valence electrons. The number of ether oxygens (including phenoxy) is 1. The SMILES string of the molecule is Cc1ccc(C#N)c(NC2CCOC2)c1. The predicted octanol–water partition coefficient (Wildman–Crippen LogP) is 2.07. The highest BCUT2D eigenvalue weighted by atomic mass is 16.5. The van der Waals surface area contributed by atoms with Crippen LogP contribution in [-0.4, -0.2) is 19.3 Å². The van der Waals surface area contributed by atoms with E-state index in [1.165, 1.54) is 0 Å². The van der Waals surface area contributed by atoms with E-state index in [1.807, 2.05) is 25.1 Å². The van der Waals surface area contributed by atoms with Gasteiger partial charge in [0.05, 0.1) is 23.9 Å². The average molecular weight is 202 g/mol. The Balaban J connectivity index is 2.18. The summed E-state index contributed by atoms with van der Waals surface area (Å²) in [4.78, 5) is 0. The summed E-state index contributed by atoms with van der Waals surface area (Å²) in [5, 5.41) is 12.3. The first-order valence-corrected chi connectivity index (χ1v) is 5.14. The van der Waals surface area contributed by atoms with Gasteiger partial charge in [-0.1, -0.05) is 6.07 Å². The van der Waals surface area contributed by atoms with Crippen LogP contribution in [0.3, 0.4) is 0 Å². The molecule has 1 aliphatic rings. The van der Waals surface area contributed by atoms with Crippen LogP contribution >= 0.6 is 0 Å². The van der Waals surface area contributed by atoms with Crippen molar-refractivity contribution in [2.75, 3.05) is 18.5 Å². The zero-order valence-corrected chi connectivity index (χ0v) is 8.79. The first kappa shape index (κ1) is 10.0. The maximum atomic E-state index is 8.96. The third-order valence-corrected chi connectivity index (χ3v) is 2.58. The van der Waals surface area contributed by atoms with Crippen LogP contribution in [0.5, 0.6) is 0 Å². The highest BCUT2D eigenvalue weighted by molar-refractivity contribution is 5.59. The van der Waals surface area contributed by atoms with Gasteiger partial charge < -0.3 is 10.1 Å². The Morgan fingerprint density at radius 1 is 1.53 bits per heavy atom. The number of aryl methyl sites for hydroxylation is 1. The Morgan fingerprint density at radius 2 is 2.40 bits per heavy atom. The molecule has 0 aromatic heterocycles. The quantitative estimate of drug-likeness (QED) is 0.798. The molecule has 1 heterocycles. The molecular weight excluding hydrogens is 188 g/mol.